The molecule has 0 amide bonds. The molecule has 1 saturated heterocycles. The van der Waals surface area contributed by atoms with Crippen molar-refractivity contribution in [1.82, 2.24) is 0 Å². The van der Waals surface area contributed by atoms with Gasteiger partial charge in [-0.1, -0.05) is 109 Å². The fourth-order valence-electron chi connectivity index (χ4n) is 6.11. The van der Waals surface area contributed by atoms with Gasteiger partial charge < -0.3 is 14.2 Å². The molecule has 0 radical (unpaired) electrons. The Labute approximate surface area is 226 Å². The molecule has 3 aromatic rings. The second-order valence-corrected chi connectivity index (χ2v) is 15.7. The molecular formula is C31H36ClFO3Si. The largest absolute Gasteiger partial charge is 0.375 e. The maximum absolute atomic E-state index is 15.9. The Bertz CT molecular complexity index is 1130. The molecule has 1 aliphatic carbocycles. The first-order valence-electron chi connectivity index (χ1n) is 13.1. The lowest BCUT2D eigenvalue weighted by Gasteiger charge is -2.35. The monoisotopic (exact) mass is 538 g/mol. The fourth-order valence-corrected chi connectivity index (χ4v) is 9.90. The maximum atomic E-state index is 15.9. The van der Waals surface area contributed by atoms with Crippen molar-refractivity contribution >= 4 is 30.8 Å². The number of halogens is 2. The van der Waals surface area contributed by atoms with Crippen LogP contribution in [0, 0.1) is 5.92 Å². The van der Waals surface area contributed by atoms with E-state index in [1.165, 1.54) is 10.4 Å². The number of hydrogen-bond donors (Lipinski definition) is 0. The van der Waals surface area contributed by atoms with Crippen molar-refractivity contribution in [2.75, 3.05) is 6.61 Å². The molecule has 196 valence electrons. The predicted molar refractivity (Wildman–Crippen MR) is 150 cm³/mol. The number of rotatable bonds is 8. The molecule has 1 saturated carbocycles. The van der Waals surface area contributed by atoms with Gasteiger partial charge in [-0.3, -0.25) is 0 Å². The van der Waals surface area contributed by atoms with Gasteiger partial charge in [0.05, 0.1) is 18.8 Å². The molecule has 1 heterocycles. The standard InChI is InChI=1S/C31H36ClFO3Si/c1-30(2,37(23-11-7-5-8-12-23)24-13-9-6-10-14-24)20-34-26-19-25(28-29(26)36-31(3,4)35-28)27(33)21-15-17-22(32)18-16-21/h5-18,25-29,37H,19-20H2,1-4H3/t25-,26+,27?,28-,29-/m1/s1. The first kappa shape index (κ1) is 26.6. The van der Waals surface area contributed by atoms with Crippen LogP contribution in [-0.4, -0.2) is 39.5 Å². The van der Waals surface area contributed by atoms with Gasteiger partial charge in [-0.15, -0.1) is 0 Å². The van der Waals surface area contributed by atoms with E-state index >= 15 is 4.39 Å². The van der Waals surface area contributed by atoms with Crippen LogP contribution < -0.4 is 10.4 Å². The summed E-state index contributed by atoms with van der Waals surface area (Å²) >= 11 is 6.04. The summed E-state index contributed by atoms with van der Waals surface area (Å²) in [4.78, 5) is 0. The van der Waals surface area contributed by atoms with Crippen LogP contribution in [0.2, 0.25) is 10.1 Å². The quantitative estimate of drug-likeness (QED) is 0.324. The summed E-state index contributed by atoms with van der Waals surface area (Å²) in [6, 6.07) is 28.5. The van der Waals surface area contributed by atoms with Gasteiger partial charge in [0.2, 0.25) is 0 Å². The van der Waals surface area contributed by atoms with E-state index in [0.29, 0.717) is 23.6 Å². The Balaban J connectivity index is 1.37. The summed E-state index contributed by atoms with van der Waals surface area (Å²) in [6.07, 6.45) is -1.52. The van der Waals surface area contributed by atoms with Crippen molar-refractivity contribution in [2.45, 2.75) is 69.4 Å². The minimum atomic E-state index is -1.65. The first-order chi connectivity index (χ1) is 17.6. The fraction of sp³-hybridized carbons (Fsp3) is 0.419. The zero-order chi connectivity index (χ0) is 26.2. The normalized spacial score (nSPS) is 25.8. The minimum absolute atomic E-state index is 0.0867. The number of hydrogen-bond acceptors (Lipinski definition) is 3. The molecule has 6 heteroatoms. The van der Waals surface area contributed by atoms with Gasteiger partial charge in [-0.05, 0) is 43.0 Å². The molecule has 5 atom stereocenters. The lowest BCUT2D eigenvalue weighted by atomic mass is 9.93. The Kier molecular flexibility index (Phi) is 7.63. The maximum Gasteiger partial charge on any atom is 0.163 e. The van der Waals surface area contributed by atoms with Crippen LogP contribution in [0.15, 0.2) is 84.9 Å². The Morgan fingerprint density at radius 2 is 1.46 bits per heavy atom. The summed E-state index contributed by atoms with van der Waals surface area (Å²) in [6.45, 7) is 8.96. The summed E-state index contributed by atoms with van der Waals surface area (Å²) in [5.74, 6) is -1.12. The summed E-state index contributed by atoms with van der Waals surface area (Å²) in [7, 11) is -1.65. The Morgan fingerprint density at radius 1 is 0.919 bits per heavy atom. The van der Waals surface area contributed by atoms with Gasteiger partial charge in [-0.2, -0.15) is 0 Å². The van der Waals surface area contributed by atoms with Crippen molar-refractivity contribution in [2.24, 2.45) is 5.92 Å². The summed E-state index contributed by atoms with van der Waals surface area (Å²) in [5, 5.41) is 3.28. The minimum Gasteiger partial charge on any atom is -0.375 e. The number of ether oxygens (including phenoxy) is 3. The third kappa shape index (κ3) is 5.71. The van der Waals surface area contributed by atoms with Crippen LogP contribution in [0.4, 0.5) is 4.39 Å². The van der Waals surface area contributed by atoms with E-state index in [0.717, 1.165) is 0 Å². The molecule has 0 spiro atoms. The van der Waals surface area contributed by atoms with E-state index in [1.807, 2.05) is 13.8 Å². The van der Waals surface area contributed by atoms with E-state index in [2.05, 4.69) is 74.5 Å². The van der Waals surface area contributed by atoms with E-state index in [4.69, 9.17) is 25.8 Å². The molecule has 3 nitrogen and oxygen atoms in total. The van der Waals surface area contributed by atoms with Gasteiger partial charge in [0.25, 0.3) is 0 Å². The second kappa shape index (κ2) is 10.6. The third-order valence-corrected chi connectivity index (χ3v) is 11.8. The van der Waals surface area contributed by atoms with E-state index < -0.39 is 20.8 Å². The average molecular weight is 539 g/mol. The smallest absolute Gasteiger partial charge is 0.163 e. The molecule has 0 aromatic heterocycles. The van der Waals surface area contributed by atoms with Crippen LogP contribution in [0.5, 0.6) is 0 Å². The topological polar surface area (TPSA) is 27.7 Å². The number of benzene rings is 3. The predicted octanol–water partition coefficient (Wildman–Crippen LogP) is 6.10. The number of alkyl halides is 1. The highest BCUT2D eigenvalue weighted by molar-refractivity contribution is 6.87. The van der Waals surface area contributed by atoms with Crippen LogP contribution in [0.3, 0.4) is 0 Å². The van der Waals surface area contributed by atoms with Gasteiger partial charge in [0.1, 0.15) is 21.1 Å². The van der Waals surface area contributed by atoms with Gasteiger partial charge >= 0.3 is 0 Å². The summed E-state index contributed by atoms with van der Waals surface area (Å²) < 4.78 is 35.1. The molecule has 0 N–H and O–H groups in total. The SMILES string of the molecule is CC1(C)O[C@H]2[C@H](O1)[C@@H](C(F)c1ccc(Cl)cc1)C[C@@H]2OCC(C)(C)[SiH](c1ccccc1)c1ccccc1. The highest BCUT2D eigenvalue weighted by Gasteiger charge is 2.57. The van der Waals surface area contributed by atoms with Crippen LogP contribution in [0.25, 0.3) is 0 Å². The van der Waals surface area contributed by atoms with Gasteiger partial charge in [-0.25, -0.2) is 4.39 Å². The van der Waals surface area contributed by atoms with Crippen molar-refractivity contribution in [3.8, 4) is 0 Å². The molecule has 1 aliphatic heterocycles. The number of fused-ring (bicyclic) bond motifs is 1. The second-order valence-electron chi connectivity index (χ2n) is 11.5. The van der Waals surface area contributed by atoms with Gasteiger partial charge in [0.15, 0.2) is 5.79 Å². The molecule has 0 bridgehead atoms. The Morgan fingerprint density at radius 3 is 2.03 bits per heavy atom. The van der Waals surface area contributed by atoms with Crippen molar-refractivity contribution < 1.29 is 18.6 Å². The molecule has 5 rings (SSSR count). The van der Waals surface area contributed by atoms with Crippen LogP contribution >= 0.6 is 11.6 Å². The van der Waals surface area contributed by atoms with E-state index in [9.17, 15) is 0 Å². The first-order valence-corrected chi connectivity index (χ1v) is 15.2. The van der Waals surface area contributed by atoms with Crippen molar-refractivity contribution in [1.29, 1.82) is 0 Å². The highest BCUT2D eigenvalue weighted by atomic mass is 35.5. The van der Waals surface area contributed by atoms with Crippen molar-refractivity contribution in [3.63, 3.8) is 0 Å². The molecule has 1 unspecified atom stereocenters. The van der Waals surface area contributed by atoms with E-state index in [1.54, 1.807) is 24.3 Å². The lowest BCUT2D eigenvalue weighted by Crippen LogP contribution is -2.52. The molecular weight excluding hydrogens is 503 g/mol. The highest BCUT2D eigenvalue weighted by Crippen LogP contribution is 2.49. The summed E-state index contributed by atoms with van der Waals surface area (Å²) in [5.41, 5.74) is 0.614. The molecule has 2 aliphatic rings. The zero-order valence-corrected chi connectivity index (χ0v) is 23.9. The van der Waals surface area contributed by atoms with Crippen molar-refractivity contribution in [3.05, 3.63) is 95.5 Å². The zero-order valence-electron chi connectivity index (χ0n) is 21.9. The third-order valence-electron chi connectivity index (χ3n) is 7.74. The lowest BCUT2D eigenvalue weighted by molar-refractivity contribution is -0.174. The Hall–Kier alpha value is -2.02. The average Bonchev–Trinajstić information content (AvgIpc) is 3.37. The van der Waals surface area contributed by atoms with Gasteiger partial charge in [0, 0.05) is 10.9 Å². The van der Waals surface area contributed by atoms with Crippen LogP contribution in [-0.2, 0) is 14.2 Å². The van der Waals surface area contributed by atoms with Crippen LogP contribution in [0.1, 0.15) is 45.9 Å². The van der Waals surface area contributed by atoms with E-state index in [-0.39, 0.29) is 29.3 Å². The molecule has 2 fully saturated rings. The molecule has 3 aromatic carbocycles. The molecule has 37 heavy (non-hydrogen) atoms.